The van der Waals surface area contributed by atoms with Crippen molar-refractivity contribution in [2.75, 3.05) is 19.8 Å². The van der Waals surface area contributed by atoms with Crippen molar-refractivity contribution in [3.05, 3.63) is 29.3 Å². The van der Waals surface area contributed by atoms with Crippen molar-refractivity contribution in [1.29, 1.82) is 0 Å². The van der Waals surface area contributed by atoms with Gasteiger partial charge in [-0.3, -0.25) is 4.79 Å². The number of rotatable bonds is 9. The zero-order valence-electron chi connectivity index (χ0n) is 12.7. The first-order valence-electron chi connectivity index (χ1n) is 7.41. The van der Waals surface area contributed by atoms with Crippen LogP contribution in [0.1, 0.15) is 33.1 Å². The molecular weight excluding hydrogens is 290 g/mol. The van der Waals surface area contributed by atoms with Crippen molar-refractivity contribution in [1.82, 2.24) is 4.90 Å². The molecule has 0 aliphatic rings. The fourth-order valence-electron chi connectivity index (χ4n) is 2.30. The molecule has 0 saturated heterocycles. The van der Waals surface area contributed by atoms with Gasteiger partial charge in [0.2, 0.25) is 5.91 Å². The van der Waals surface area contributed by atoms with Gasteiger partial charge in [-0.05, 0) is 31.0 Å². The highest BCUT2D eigenvalue weighted by Gasteiger charge is 2.20. The molecular formula is C16H24ClNO3. The number of nitrogens with zero attached hydrogens (tertiary/aromatic N) is 1. The van der Waals surface area contributed by atoms with Crippen LogP contribution in [0.4, 0.5) is 0 Å². The summed E-state index contributed by atoms with van der Waals surface area (Å²) < 4.78 is 5.54. The van der Waals surface area contributed by atoms with Gasteiger partial charge < -0.3 is 14.7 Å². The summed E-state index contributed by atoms with van der Waals surface area (Å²) in [7, 11) is 0. The fourth-order valence-corrected chi connectivity index (χ4v) is 2.48. The maximum absolute atomic E-state index is 12.3. The molecule has 0 unspecified atom stereocenters. The molecule has 0 aromatic heterocycles. The summed E-state index contributed by atoms with van der Waals surface area (Å²) in [6.45, 7) is 4.77. The quantitative estimate of drug-likeness (QED) is 0.762. The summed E-state index contributed by atoms with van der Waals surface area (Å²) >= 11 is 5.87. The van der Waals surface area contributed by atoms with Crippen LogP contribution in [0, 0.1) is 0 Å². The molecule has 4 nitrogen and oxygen atoms in total. The van der Waals surface area contributed by atoms with E-state index in [4.69, 9.17) is 21.4 Å². The minimum Gasteiger partial charge on any atom is -0.493 e. The monoisotopic (exact) mass is 313 g/mol. The number of hydrogen-bond donors (Lipinski definition) is 1. The summed E-state index contributed by atoms with van der Waals surface area (Å²) in [5.41, 5.74) is 0. The van der Waals surface area contributed by atoms with E-state index < -0.39 is 0 Å². The highest BCUT2D eigenvalue weighted by molar-refractivity contribution is 6.30. The number of carbonyl (C=O) groups is 1. The van der Waals surface area contributed by atoms with E-state index in [0.717, 1.165) is 12.8 Å². The van der Waals surface area contributed by atoms with E-state index in [9.17, 15) is 4.79 Å². The van der Waals surface area contributed by atoms with Crippen LogP contribution in [-0.2, 0) is 4.79 Å². The molecule has 0 fully saturated rings. The highest BCUT2D eigenvalue weighted by atomic mass is 35.5. The summed E-state index contributed by atoms with van der Waals surface area (Å²) in [5, 5.41) is 9.73. The Bertz CT molecular complexity index is 435. The largest absolute Gasteiger partial charge is 0.493 e. The van der Waals surface area contributed by atoms with Crippen LogP contribution in [0.2, 0.25) is 5.02 Å². The van der Waals surface area contributed by atoms with E-state index in [-0.39, 0.29) is 18.6 Å². The van der Waals surface area contributed by atoms with Gasteiger partial charge >= 0.3 is 0 Å². The normalized spacial score (nSPS) is 10.7. The van der Waals surface area contributed by atoms with E-state index in [1.807, 2.05) is 26.0 Å². The third-order valence-corrected chi connectivity index (χ3v) is 3.66. The van der Waals surface area contributed by atoms with E-state index >= 15 is 0 Å². The van der Waals surface area contributed by atoms with Crippen molar-refractivity contribution >= 4 is 17.5 Å². The molecule has 0 aliphatic heterocycles. The van der Waals surface area contributed by atoms with Gasteiger partial charge in [0.25, 0.3) is 0 Å². The minimum absolute atomic E-state index is 0.0137. The van der Waals surface area contributed by atoms with Crippen LogP contribution in [0.25, 0.3) is 0 Å². The van der Waals surface area contributed by atoms with Crippen LogP contribution in [0.5, 0.6) is 5.75 Å². The Morgan fingerprint density at radius 2 is 2.10 bits per heavy atom. The number of amides is 1. The van der Waals surface area contributed by atoms with Gasteiger partial charge in [-0.25, -0.2) is 0 Å². The van der Waals surface area contributed by atoms with Crippen molar-refractivity contribution in [2.24, 2.45) is 0 Å². The molecule has 1 N–H and O–H groups in total. The standard InChI is InChI=1S/C16H24ClNO3/c1-3-14(4-2)18(9-10-19)16(20)8-11-21-15-7-5-6-13(17)12-15/h5-7,12,14,19H,3-4,8-11H2,1-2H3. The Morgan fingerprint density at radius 1 is 1.38 bits per heavy atom. The molecule has 0 heterocycles. The van der Waals surface area contributed by atoms with Gasteiger partial charge in [-0.2, -0.15) is 0 Å². The molecule has 1 aromatic carbocycles. The maximum Gasteiger partial charge on any atom is 0.226 e. The first-order chi connectivity index (χ1) is 10.1. The Balaban J connectivity index is 2.49. The second-order valence-corrected chi connectivity index (χ2v) is 5.27. The second kappa shape index (κ2) is 9.64. The molecule has 1 aromatic rings. The average Bonchev–Trinajstić information content (AvgIpc) is 2.47. The summed E-state index contributed by atoms with van der Waals surface area (Å²) in [4.78, 5) is 14.0. The SMILES string of the molecule is CCC(CC)N(CCO)C(=O)CCOc1cccc(Cl)c1. The molecule has 0 radical (unpaired) electrons. The van der Waals surface area contributed by atoms with Crippen molar-refractivity contribution in [3.63, 3.8) is 0 Å². The van der Waals surface area contributed by atoms with E-state index in [0.29, 0.717) is 30.3 Å². The predicted octanol–water partition coefficient (Wildman–Crippen LogP) is 3.12. The predicted molar refractivity (Wildman–Crippen MR) is 84.7 cm³/mol. The first-order valence-corrected chi connectivity index (χ1v) is 7.78. The fraction of sp³-hybridized carbons (Fsp3) is 0.562. The van der Waals surface area contributed by atoms with Gasteiger partial charge in [-0.1, -0.05) is 31.5 Å². The molecule has 0 bridgehead atoms. The molecule has 118 valence electrons. The zero-order valence-corrected chi connectivity index (χ0v) is 13.5. The van der Waals surface area contributed by atoms with Gasteiger partial charge in [0.1, 0.15) is 5.75 Å². The highest BCUT2D eigenvalue weighted by Crippen LogP contribution is 2.17. The molecule has 21 heavy (non-hydrogen) atoms. The second-order valence-electron chi connectivity index (χ2n) is 4.84. The van der Waals surface area contributed by atoms with Gasteiger partial charge in [0.15, 0.2) is 0 Å². The number of carbonyl (C=O) groups excluding carboxylic acids is 1. The van der Waals surface area contributed by atoms with Gasteiger partial charge in [0, 0.05) is 17.6 Å². The summed E-state index contributed by atoms with van der Waals surface area (Å²) in [6, 6.07) is 7.29. The Morgan fingerprint density at radius 3 is 2.67 bits per heavy atom. The average molecular weight is 314 g/mol. The topological polar surface area (TPSA) is 49.8 Å². The lowest BCUT2D eigenvalue weighted by atomic mass is 10.1. The molecule has 1 amide bonds. The third kappa shape index (κ3) is 5.94. The number of halogens is 1. The number of hydrogen-bond acceptors (Lipinski definition) is 3. The minimum atomic E-state index is -0.0165. The third-order valence-electron chi connectivity index (χ3n) is 3.43. The Labute approximate surface area is 131 Å². The molecule has 5 heteroatoms. The zero-order chi connectivity index (χ0) is 15.7. The van der Waals surface area contributed by atoms with Crippen LogP contribution in [0.3, 0.4) is 0 Å². The lowest BCUT2D eigenvalue weighted by Crippen LogP contribution is -2.42. The molecule has 0 spiro atoms. The number of aliphatic hydroxyl groups is 1. The van der Waals surface area contributed by atoms with E-state index in [2.05, 4.69) is 0 Å². The molecule has 0 saturated carbocycles. The number of aliphatic hydroxyl groups excluding tert-OH is 1. The number of ether oxygens (including phenoxy) is 1. The molecule has 0 aliphatic carbocycles. The van der Waals surface area contributed by atoms with Gasteiger partial charge in [0.05, 0.1) is 19.6 Å². The summed E-state index contributed by atoms with van der Waals surface area (Å²) in [5.74, 6) is 0.673. The first kappa shape index (κ1) is 17.8. The van der Waals surface area contributed by atoms with E-state index in [1.165, 1.54) is 0 Å². The van der Waals surface area contributed by atoms with E-state index in [1.54, 1.807) is 17.0 Å². The smallest absolute Gasteiger partial charge is 0.226 e. The van der Waals surface area contributed by atoms with Crippen molar-refractivity contribution in [3.8, 4) is 5.75 Å². The number of benzene rings is 1. The molecule has 1 rings (SSSR count). The maximum atomic E-state index is 12.3. The lowest BCUT2D eigenvalue weighted by molar-refractivity contribution is -0.134. The van der Waals surface area contributed by atoms with Crippen LogP contribution in [0.15, 0.2) is 24.3 Å². The van der Waals surface area contributed by atoms with Crippen LogP contribution >= 0.6 is 11.6 Å². The Kier molecular flexibility index (Phi) is 8.16. The van der Waals surface area contributed by atoms with Crippen LogP contribution < -0.4 is 4.74 Å². The Hall–Kier alpha value is -1.26. The van der Waals surface area contributed by atoms with Crippen molar-refractivity contribution in [2.45, 2.75) is 39.2 Å². The van der Waals surface area contributed by atoms with Crippen LogP contribution in [-0.4, -0.2) is 41.7 Å². The lowest BCUT2D eigenvalue weighted by Gasteiger charge is -2.30. The molecule has 0 atom stereocenters. The van der Waals surface area contributed by atoms with Crippen molar-refractivity contribution < 1.29 is 14.6 Å². The summed E-state index contributed by atoms with van der Waals surface area (Å²) in [6.07, 6.45) is 2.07. The van der Waals surface area contributed by atoms with Gasteiger partial charge in [-0.15, -0.1) is 0 Å².